The number of Topliss-reactive ketones (excluding diaryl/α,β-unsaturated/α-hetero) is 1. The van der Waals surface area contributed by atoms with Gasteiger partial charge in [-0.05, 0) is 30.3 Å². The Morgan fingerprint density at radius 3 is 2.97 bits per heavy atom. The first-order valence-corrected chi connectivity index (χ1v) is 11.2. The Morgan fingerprint density at radius 1 is 1.29 bits per heavy atom. The molecule has 0 spiro atoms. The van der Waals surface area contributed by atoms with Crippen molar-refractivity contribution in [2.45, 2.75) is 11.7 Å². The van der Waals surface area contributed by atoms with Gasteiger partial charge < -0.3 is 13.9 Å². The molecule has 1 aromatic carbocycles. The Morgan fingerprint density at radius 2 is 2.16 bits per heavy atom. The minimum atomic E-state index is -0.185. The molecule has 7 nitrogen and oxygen atoms in total. The van der Waals surface area contributed by atoms with E-state index < -0.39 is 0 Å². The number of carbonyl (C=O) groups excluding carboxylic acids is 1. The summed E-state index contributed by atoms with van der Waals surface area (Å²) in [5.41, 5.74) is 1.05. The van der Waals surface area contributed by atoms with Gasteiger partial charge in [0.05, 0.1) is 17.4 Å². The monoisotopic (exact) mass is 452 g/mol. The maximum Gasteiger partial charge on any atom is 0.263 e. The Balaban J connectivity index is 1.46. The first-order chi connectivity index (χ1) is 15.2. The van der Waals surface area contributed by atoms with Crippen LogP contribution in [0.25, 0.3) is 21.5 Å². The van der Waals surface area contributed by atoms with Gasteiger partial charge in [0.15, 0.2) is 22.4 Å². The van der Waals surface area contributed by atoms with Crippen LogP contribution in [-0.2, 0) is 6.54 Å². The van der Waals surface area contributed by atoms with E-state index in [2.05, 4.69) is 11.6 Å². The van der Waals surface area contributed by atoms with E-state index in [4.69, 9.17) is 13.9 Å². The van der Waals surface area contributed by atoms with Crippen LogP contribution in [-0.4, -0.2) is 27.9 Å². The predicted molar refractivity (Wildman–Crippen MR) is 119 cm³/mol. The summed E-state index contributed by atoms with van der Waals surface area (Å²) in [6.45, 7) is 4.19. The Labute approximate surface area is 184 Å². The summed E-state index contributed by atoms with van der Waals surface area (Å²) in [6.07, 6.45) is 3.21. The molecule has 1 aliphatic heterocycles. The standard InChI is InChI=1S/C22H16N2O5S2/c1-2-7-24-21(26)19-14(16-4-3-8-27-16)10-30-20(19)23-22(24)31-11-15(25)13-5-6-17-18(9-13)29-12-28-17/h2-6,8-10H,1,7,11-12H2. The molecule has 4 heterocycles. The summed E-state index contributed by atoms with van der Waals surface area (Å²) in [5, 5.41) is 2.84. The zero-order valence-electron chi connectivity index (χ0n) is 16.2. The number of carbonyl (C=O) groups is 1. The smallest absolute Gasteiger partial charge is 0.263 e. The fraction of sp³-hybridized carbons (Fsp3) is 0.136. The van der Waals surface area contributed by atoms with Crippen LogP contribution in [0, 0.1) is 0 Å². The SMILES string of the molecule is C=CCn1c(SCC(=O)c2ccc3c(c2)OCO3)nc2scc(-c3ccco3)c2c1=O. The Bertz CT molecular complexity index is 1350. The van der Waals surface area contributed by atoms with Crippen molar-refractivity contribution < 1.29 is 18.7 Å². The molecule has 0 amide bonds. The molecule has 0 radical (unpaired) electrons. The number of furan rings is 1. The molecule has 0 atom stereocenters. The maximum absolute atomic E-state index is 13.3. The molecule has 0 N–H and O–H groups in total. The van der Waals surface area contributed by atoms with E-state index in [9.17, 15) is 9.59 Å². The average Bonchev–Trinajstić information content (AvgIpc) is 3.53. The molecule has 0 unspecified atom stereocenters. The van der Waals surface area contributed by atoms with Crippen molar-refractivity contribution in [2.75, 3.05) is 12.5 Å². The van der Waals surface area contributed by atoms with E-state index in [0.29, 0.717) is 43.8 Å². The second kappa shape index (κ2) is 8.09. The van der Waals surface area contributed by atoms with Crippen LogP contribution >= 0.6 is 23.1 Å². The van der Waals surface area contributed by atoms with Gasteiger partial charge in [-0.3, -0.25) is 14.2 Å². The van der Waals surface area contributed by atoms with Gasteiger partial charge >= 0.3 is 0 Å². The van der Waals surface area contributed by atoms with Gasteiger partial charge in [0.1, 0.15) is 10.6 Å². The summed E-state index contributed by atoms with van der Waals surface area (Å²) in [5.74, 6) is 1.84. The summed E-state index contributed by atoms with van der Waals surface area (Å²) >= 11 is 2.60. The van der Waals surface area contributed by atoms with Crippen molar-refractivity contribution in [1.29, 1.82) is 0 Å². The molecule has 31 heavy (non-hydrogen) atoms. The summed E-state index contributed by atoms with van der Waals surface area (Å²) in [7, 11) is 0. The molecule has 4 aromatic rings. The molecular formula is C22H16N2O5S2. The van der Waals surface area contributed by atoms with Crippen molar-refractivity contribution >= 4 is 39.1 Å². The van der Waals surface area contributed by atoms with Crippen LogP contribution in [0.4, 0.5) is 0 Å². The first-order valence-electron chi connectivity index (χ1n) is 9.38. The number of benzene rings is 1. The van der Waals surface area contributed by atoms with Crippen LogP contribution in [0.1, 0.15) is 10.4 Å². The topological polar surface area (TPSA) is 83.6 Å². The fourth-order valence-corrected chi connectivity index (χ4v) is 5.17. The molecule has 9 heteroatoms. The van der Waals surface area contributed by atoms with E-state index in [1.54, 1.807) is 36.6 Å². The lowest BCUT2D eigenvalue weighted by Gasteiger charge is -2.10. The van der Waals surface area contributed by atoms with Crippen molar-refractivity contribution in [2.24, 2.45) is 0 Å². The number of fused-ring (bicyclic) bond motifs is 2. The van der Waals surface area contributed by atoms with Gasteiger partial charge in [0, 0.05) is 23.1 Å². The van der Waals surface area contributed by atoms with Crippen molar-refractivity contribution in [3.05, 3.63) is 70.5 Å². The van der Waals surface area contributed by atoms with E-state index in [1.807, 2.05) is 11.4 Å². The van der Waals surface area contributed by atoms with Gasteiger partial charge in [-0.25, -0.2) is 4.98 Å². The molecule has 156 valence electrons. The number of hydrogen-bond donors (Lipinski definition) is 0. The highest BCUT2D eigenvalue weighted by molar-refractivity contribution is 7.99. The lowest BCUT2D eigenvalue weighted by molar-refractivity contribution is 0.102. The largest absolute Gasteiger partial charge is 0.464 e. The second-order valence-electron chi connectivity index (χ2n) is 6.69. The van der Waals surface area contributed by atoms with E-state index in [-0.39, 0.29) is 30.4 Å². The molecule has 5 rings (SSSR count). The van der Waals surface area contributed by atoms with Crippen LogP contribution < -0.4 is 15.0 Å². The van der Waals surface area contributed by atoms with Gasteiger partial charge in [0.2, 0.25) is 6.79 Å². The summed E-state index contributed by atoms with van der Waals surface area (Å²) in [6, 6.07) is 8.69. The molecule has 0 saturated carbocycles. The molecule has 0 saturated heterocycles. The molecule has 1 aliphatic rings. The van der Waals surface area contributed by atoms with Gasteiger partial charge in [-0.2, -0.15) is 0 Å². The van der Waals surface area contributed by atoms with E-state index >= 15 is 0 Å². The molecule has 0 bridgehead atoms. The van der Waals surface area contributed by atoms with Crippen molar-refractivity contribution in [1.82, 2.24) is 9.55 Å². The van der Waals surface area contributed by atoms with Gasteiger partial charge in [-0.1, -0.05) is 17.8 Å². The minimum Gasteiger partial charge on any atom is -0.464 e. The highest BCUT2D eigenvalue weighted by Gasteiger charge is 2.20. The highest BCUT2D eigenvalue weighted by atomic mass is 32.2. The maximum atomic E-state index is 13.3. The number of thioether (sulfide) groups is 1. The van der Waals surface area contributed by atoms with Crippen LogP contribution in [0.5, 0.6) is 11.5 Å². The average molecular weight is 453 g/mol. The number of allylic oxidation sites excluding steroid dienone is 1. The first kappa shape index (κ1) is 19.7. The number of ketones is 1. The lowest BCUT2D eigenvalue weighted by atomic mass is 10.1. The second-order valence-corrected chi connectivity index (χ2v) is 8.49. The zero-order chi connectivity index (χ0) is 21.4. The molecule has 0 aliphatic carbocycles. The third kappa shape index (κ3) is 3.55. The number of aromatic nitrogens is 2. The van der Waals surface area contributed by atoms with Crippen LogP contribution in [0.3, 0.4) is 0 Å². The predicted octanol–water partition coefficient (Wildman–Crippen LogP) is 4.61. The van der Waals surface area contributed by atoms with Crippen LogP contribution in [0.2, 0.25) is 0 Å². The fourth-order valence-electron chi connectivity index (χ4n) is 3.30. The lowest BCUT2D eigenvalue weighted by Crippen LogP contribution is -2.23. The highest BCUT2D eigenvalue weighted by Crippen LogP contribution is 2.34. The third-order valence-corrected chi connectivity index (χ3v) is 6.63. The van der Waals surface area contributed by atoms with Crippen molar-refractivity contribution in [3.63, 3.8) is 0 Å². The van der Waals surface area contributed by atoms with E-state index in [1.165, 1.54) is 27.7 Å². The molecule has 3 aromatic heterocycles. The van der Waals surface area contributed by atoms with Gasteiger partial charge in [0.25, 0.3) is 5.56 Å². The Kier molecular flexibility index (Phi) is 5.13. The Hall–Kier alpha value is -3.30. The number of rotatable bonds is 7. The van der Waals surface area contributed by atoms with E-state index in [0.717, 1.165) is 0 Å². The normalized spacial score (nSPS) is 12.4. The number of hydrogen-bond acceptors (Lipinski definition) is 8. The number of thiophene rings is 1. The summed E-state index contributed by atoms with van der Waals surface area (Å²) in [4.78, 5) is 31.3. The summed E-state index contributed by atoms with van der Waals surface area (Å²) < 4.78 is 17.6. The third-order valence-electron chi connectivity index (χ3n) is 4.78. The molecule has 0 fully saturated rings. The van der Waals surface area contributed by atoms with Crippen LogP contribution in [0.15, 0.2) is 69.0 Å². The number of nitrogens with zero attached hydrogens (tertiary/aromatic N) is 2. The molecular weight excluding hydrogens is 436 g/mol. The minimum absolute atomic E-state index is 0.0924. The van der Waals surface area contributed by atoms with Gasteiger partial charge in [-0.15, -0.1) is 17.9 Å². The zero-order valence-corrected chi connectivity index (χ0v) is 17.8. The quantitative estimate of drug-likeness (QED) is 0.175. The number of ether oxygens (including phenoxy) is 2. The van der Waals surface area contributed by atoms with Crippen molar-refractivity contribution in [3.8, 4) is 22.8 Å².